The maximum absolute atomic E-state index is 12.0. The van der Waals surface area contributed by atoms with Gasteiger partial charge in [0.2, 0.25) is 5.91 Å². The number of aliphatic hydroxyl groups excluding tert-OH is 1. The summed E-state index contributed by atoms with van der Waals surface area (Å²) >= 11 is 0. The Labute approximate surface area is 158 Å². The molecule has 0 unspecified atom stereocenters. The van der Waals surface area contributed by atoms with Crippen LogP contribution >= 0.6 is 0 Å². The van der Waals surface area contributed by atoms with E-state index in [1.807, 2.05) is 30.3 Å². The fourth-order valence-corrected chi connectivity index (χ4v) is 2.19. The van der Waals surface area contributed by atoms with Gasteiger partial charge in [-0.3, -0.25) is 4.79 Å². The van der Waals surface area contributed by atoms with Crippen molar-refractivity contribution in [2.75, 3.05) is 13.7 Å². The summed E-state index contributed by atoms with van der Waals surface area (Å²) in [5.41, 5.74) is 0.834. The zero-order valence-corrected chi connectivity index (χ0v) is 15.3. The Morgan fingerprint density at radius 2 is 1.96 bits per heavy atom. The summed E-state index contributed by atoms with van der Waals surface area (Å²) in [5, 5.41) is 14.8. The molecule has 2 atom stereocenters. The van der Waals surface area contributed by atoms with Crippen molar-refractivity contribution >= 4 is 18.0 Å². The number of ether oxygens (including phenoxy) is 2. The van der Waals surface area contributed by atoms with Crippen molar-refractivity contribution in [2.24, 2.45) is 0 Å². The standard InChI is InChI=1S/C19H26N2O6/c1-3-4-10-16(18(24)26-2)21-17(23)11-15(22)12-20-19(25)27-13-14-8-6-5-7-9-14/h3,5-9,15-16,22H,1,4,10-13H2,2H3,(H,20,25)(H,21,23)/t15-,16-/m0/s1. The number of hydrogen-bond acceptors (Lipinski definition) is 6. The molecule has 0 aliphatic heterocycles. The van der Waals surface area contributed by atoms with E-state index < -0.39 is 30.1 Å². The molecular weight excluding hydrogens is 352 g/mol. The molecule has 8 nitrogen and oxygen atoms in total. The molecule has 0 aromatic heterocycles. The van der Waals surface area contributed by atoms with Crippen LogP contribution in [-0.4, -0.2) is 48.9 Å². The molecule has 0 aliphatic carbocycles. The second-order valence-electron chi connectivity index (χ2n) is 5.81. The predicted molar refractivity (Wildman–Crippen MR) is 98.6 cm³/mol. The van der Waals surface area contributed by atoms with Crippen molar-refractivity contribution < 1.29 is 29.0 Å². The molecule has 0 aliphatic rings. The molecule has 27 heavy (non-hydrogen) atoms. The van der Waals surface area contributed by atoms with Gasteiger partial charge in [0.25, 0.3) is 0 Å². The minimum absolute atomic E-state index is 0.105. The van der Waals surface area contributed by atoms with Crippen molar-refractivity contribution in [3.8, 4) is 0 Å². The Balaban J connectivity index is 2.31. The van der Waals surface area contributed by atoms with Crippen LogP contribution in [0.2, 0.25) is 0 Å². The highest BCUT2D eigenvalue weighted by atomic mass is 16.5. The summed E-state index contributed by atoms with van der Waals surface area (Å²) in [6.45, 7) is 3.51. The molecule has 1 aromatic carbocycles. The van der Waals surface area contributed by atoms with Crippen molar-refractivity contribution in [1.82, 2.24) is 10.6 Å². The maximum Gasteiger partial charge on any atom is 0.407 e. The first-order chi connectivity index (χ1) is 13.0. The van der Waals surface area contributed by atoms with Gasteiger partial charge in [-0.05, 0) is 18.4 Å². The summed E-state index contributed by atoms with van der Waals surface area (Å²) in [6, 6.07) is 8.34. The first-order valence-electron chi connectivity index (χ1n) is 8.57. The van der Waals surface area contributed by atoms with E-state index in [0.29, 0.717) is 12.8 Å². The van der Waals surface area contributed by atoms with Crippen LogP contribution in [0.1, 0.15) is 24.8 Å². The van der Waals surface area contributed by atoms with Crippen LogP contribution in [0.15, 0.2) is 43.0 Å². The molecule has 2 amide bonds. The highest BCUT2D eigenvalue weighted by Gasteiger charge is 2.22. The Hall–Kier alpha value is -2.87. The van der Waals surface area contributed by atoms with Gasteiger partial charge < -0.3 is 25.2 Å². The first-order valence-corrected chi connectivity index (χ1v) is 8.57. The van der Waals surface area contributed by atoms with Gasteiger partial charge in [-0.1, -0.05) is 36.4 Å². The average Bonchev–Trinajstić information content (AvgIpc) is 2.68. The number of allylic oxidation sites excluding steroid dienone is 1. The lowest BCUT2D eigenvalue weighted by atomic mass is 10.1. The van der Waals surface area contributed by atoms with E-state index in [9.17, 15) is 19.5 Å². The van der Waals surface area contributed by atoms with Gasteiger partial charge in [-0.15, -0.1) is 6.58 Å². The summed E-state index contributed by atoms with van der Waals surface area (Å²) in [4.78, 5) is 35.2. The molecule has 148 valence electrons. The zero-order valence-electron chi connectivity index (χ0n) is 15.3. The highest BCUT2D eigenvalue weighted by molar-refractivity contribution is 5.84. The summed E-state index contributed by atoms with van der Waals surface area (Å²) in [7, 11) is 1.23. The van der Waals surface area contributed by atoms with Crippen LogP contribution in [0.3, 0.4) is 0 Å². The number of rotatable bonds is 11. The minimum atomic E-state index is -1.12. The molecule has 0 radical (unpaired) electrons. The number of esters is 1. The van der Waals surface area contributed by atoms with Gasteiger partial charge in [0, 0.05) is 6.54 Å². The van der Waals surface area contributed by atoms with Gasteiger partial charge in [0.1, 0.15) is 12.6 Å². The molecule has 8 heteroatoms. The fraction of sp³-hybridized carbons (Fsp3) is 0.421. The SMILES string of the molecule is C=CCC[C@H](NC(=O)C[C@H](O)CNC(=O)OCc1ccccc1)C(=O)OC. The van der Waals surface area contributed by atoms with Gasteiger partial charge in [-0.2, -0.15) is 0 Å². The number of carbonyl (C=O) groups is 3. The Morgan fingerprint density at radius 3 is 2.59 bits per heavy atom. The number of alkyl carbamates (subject to hydrolysis) is 1. The first kappa shape index (κ1) is 22.2. The average molecular weight is 378 g/mol. The van der Waals surface area contributed by atoms with Crippen LogP contribution < -0.4 is 10.6 Å². The topological polar surface area (TPSA) is 114 Å². The Morgan fingerprint density at radius 1 is 1.26 bits per heavy atom. The number of hydrogen-bond donors (Lipinski definition) is 3. The Kier molecular flexibility index (Phi) is 10.2. The van der Waals surface area contributed by atoms with E-state index >= 15 is 0 Å². The number of nitrogens with one attached hydrogen (secondary N) is 2. The molecule has 0 bridgehead atoms. The second kappa shape index (κ2) is 12.5. The van der Waals surface area contributed by atoms with E-state index in [1.54, 1.807) is 6.08 Å². The Bertz CT molecular complexity index is 620. The normalized spacial score (nSPS) is 12.4. The fourth-order valence-electron chi connectivity index (χ4n) is 2.19. The number of benzene rings is 1. The van der Waals surface area contributed by atoms with Gasteiger partial charge in [0.15, 0.2) is 0 Å². The quantitative estimate of drug-likeness (QED) is 0.395. The molecule has 0 heterocycles. The molecule has 1 rings (SSSR count). The molecular formula is C19H26N2O6. The smallest absolute Gasteiger partial charge is 0.407 e. The van der Waals surface area contributed by atoms with Gasteiger partial charge in [0.05, 0.1) is 19.6 Å². The summed E-state index contributed by atoms with van der Waals surface area (Å²) in [5.74, 6) is -1.09. The molecule has 0 fully saturated rings. The lowest BCUT2D eigenvalue weighted by Crippen LogP contribution is -2.43. The molecule has 3 N–H and O–H groups in total. The second-order valence-corrected chi connectivity index (χ2v) is 5.81. The van der Waals surface area contributed by atoms with Crippen molar-refractivity contribution in [3.05, 3.63) is 48.6 Å². The third kappa shape index (κ3) is 9.41. The van der Waals surface area contributed by atoms with E-state index in [2.05, 4.69) is 21.9 Å². The van der Waals surface area contributed by atoms with E-state index in [4.69, 9.17) is 4.74 Å². The molecule has 0 spiro atoms. The zero-order chi connectivity index (χ0) is 20.1. The number of amides is 2. The number of methoxy groups -OCH3 is 1. The lowest BCUT2D eigenvalue weighted by molar-refractivity contribution is -0.145. The third-order valence-electron chi connectivity index (χ3n) is 3.60. The maximum atomic E-state index is 12.0. The van der Waals surface area contributed by atoms with E-state index in [1.165, 1.54) is 7.11 Å². The van der Waals surface area contributed by atoms with Gasteiger partial charge in [-0.25, -0.2) is 9.59 Å². The van der Waals surface area contributed by atoms with Crippen molar-refractivity contribution in [3.63, 3.8) is 0 Å². The van der Waals surface area contributed by atoms with Crippen LogP contribution in [-0.2, 0) is 25.7 Å². The van der Waals surface area contributed by atoms with Crippen LogP contribution in [0.5, 0.6) is 0 Å². The highest BCUT2D eigenvalue weighted by Crippen LogP contribution is 2.03. The van der Waals surface area contributed by atoms with Crippen LogP contribution in [0.4, 0.5) is 4.79 Å². The number of carbonyl (C=O) groups excluding carboxylic acids is 3. The lowest BCUT2D eigenvalue weighted by Gasteiger charge is -2.17. The monoisotopic (exact) mass is 378 g/mol. The third-order valence-corrected chi connectivity index (χ3v) is 3.60. The minimum Gasteiger partial charge on any atom is -0.467 e. The van der Waals surface area contributed by atoms with Crippen molar-refractivity contribution in [1.29, 1.82) is 0 Å². The number of aliphatic hydroxyl groups is 1. The van der Waals surface area contributed by atoms with E-state index in [0.717, 1.165) is 5.56 Å². The molecule has 0 saturated carbocycles. The van der Waals surface area contributed by atoms with Crippen LogP contribution in [0, 0.1) is 0 Å². The summed E-state index contributed by atoms with van der Waals surface area (Å²) in [6.07, 6.45) is 0.408. The summed E-state index contributed by atoms with van der Waals surface area (Å²) < 4.78 is 9.64. The van der Waals surface area contributed by atoms with Crippen LogP contribution in [0.25, 0.3) is 0 Å². The van der Waals surface area contributed by atoms with Crippen molar-refractivity contribution in [2.45, 2.75) is 38.0 Å². The molecule has 0 saturated heterocycles. The molecule has 1 aromatic rings. The largest absolute Gasteiger partial charge is 0.467 e. The predicted octanol–water partition coefficient (Wildman–Crippen LogP) is 1.29. The van der Waals surface area contributed by atoms with Gasteiger partial charge >= 0.3 is 12.1 Å². The van der Waals surface area contributed by atoms with E-state index in [-0.39, 0.29) is 19.6 Å².